The molecular formula is C12H11F4NO2. The van der Waals surface area contributed by atoms with Gasteiger partial charge in [0.25, 0.3) is 0 Å². The fourth-order valence-corrected chi connectivity index (χ4v) is 1.18. The molecule has 0 bridgehead atoms. The van der Waals surface area contributed by atoms with Gasteiger partial charge in [-0.3, -0.25) is 4.74 Å². The lowest BCUT2D eigenvalue weighted by molar-refractivity contribution is -0.325. The standard InChI is InChI=1S/C12H11F4NO2/c13-10-3-4-11(9(8-10)2-1-5-17)18-6-7-19-12(14,15)16/h3-4,8H,5-7,17H2. The zero-order valence-corrected chi connectivity index (χ0v) is 9.76. The Balaban J connectivity index is 2.62. The lowest BCUT2D eigenvalue weighted by Gasteiger charge is -2.10. The van der Waals surface area contributed by atoms with Crippen molar-refractivity contribution >= 4 is 0 Å². The van der Waals surface area contributed by atoms with Crippen LogP contribution in [0.5, 0.6) is 5.75 Å². The van der Waals surface area contributed by atoms with Crippen molar-refractivity contribution in [3.63, 3.8) is 0 Å². The van der Waals surface area contributed by atoms with Crippen LogP contribution in [0, 0.1) is 17.7 Å². The summed E-state index contributed by atoms with van der Waals surface area (Å²) in [6.07, 6.45) is -4.70. The normalized spacial score (nSPS) is 10.8. The van der Waals surface area contributed by atoms with Crippen molar-refractivity contribution in [2.45, 2.75) is 6.36 Å². The second-order valence-corrected chi connectivity index (χ2v) is 3.29. The van der Waals surface area contributed by atoms with E-state index in [0.717, 1.165) is 12.1 Å². The predicted octanol–water partition coefficient (Wildman–Crippen LogP) is 2.05. The average molecular weight is 277 g/mol. The van der Waals surface area contributed by atoms with Gasteiger partial charge in [-0.25, -0.2) is 4.39 Å². The average Bonchev–Trinajstić information content (AvgIpc) is 2.32. The van der Waals surface area contributed by atoms with Crippen LogP contribution >= 0.6 is 0 Å². The van der Waals surface area contributed by atoms with E-state index < -0.39 is 18.8 Å². The van der Waals surface area contributed by atoms with Gasteiger partial charge in [0.1, 0.15) is 18.2 Å². The van der Waals surface area contributed by atoms with Gasteiger partial charge in [0.15, 0.2) is 0 Å². The van der Waals surface area contributed by atoms with Crippen LogP contribution in [-0.2, 0) is 4.74 Å². The van der Waals surface area contributed by atoms with Crippen LogP contribution in [0.3, 0.4) is 0 Å². The summed E-state index contributed by atoms with van der Waals surface area (Å²) >= 11 is 0. The molecular weight excluding hydrogens is 266 g/mol. The highest BCUT2D eigenvalue weighted by Crippen LogP contribution is 2.19. The first kappa shape index (κ1) is 15.3. The second-order valence-electron chi connectivity index (χ2n) is 3.29. The first-order valence-corrected chi connectivity index (χ1v) is 5.24. The minimum Gasteiger partial charge on any atom is -0.490 e. The highest BCUT2D eigenvalue weighted by atomic mass is 19.4. The molecule has 0 aromatic heterocycles. The van der Waals surface area contributed by atoms with Crippen LogP contribution < -0.4 is 10.5 Å². The third-order valence-corrected chi connectivity index (χ3v) is 1.87. The number of ether oxygens (including phenoxy) is 2. The Hall–Kier alpha value is -1.78. The van der Waals surface area contributed by atoms with Crippen molar-refractivity contribution in [3.05, 3.63) is 29.6 Å². The molecule has 2 N–H and O–H groups in total. The van der Waals surface area contributed by atoms with Crippen molar-refractivity contribution in [1.29, 1.82) is 0 Å². The van der Waals surface area contributed by atoms with Crippen molar-refractivity contribution in [1.82, 2.24) is 0 Å². The number of hydrogen-bond acceptors (Lipinski definition) is 3. The number of hydrogen-bond donors (Lipinski definition) is 1. The quantitative estimate of drug-likeness (QED) is 0.520. The van der Waals surface area contributed by atoms with Crippen LogP contribution in [0.2, 0.25) is 0 Å². The minimum absolute atomic E-state index is 0.0765. The highest BCUT2D eigenvalue weighted by molar-refractivity contribution is 5.46. The first-order chi connectivity index (χ1) is 8.92. The third kappa shape index (κ3) is 6.08. The summed E-state index contributed by atoms with van der Waals surface area (Å²) in [6, 6.07) is 3.51. The Morgan fingerprint density at radius 3 is 2.58 bits per heavy atom. The molecule has 7 heteroatoms. The Morgan fingerprint density at radius 1 is 1.21 bits per heavy atom. The Kier molecular flexibility index (Phi) is 5.60. The van der Waals surface area contributed by atoms with Crippen LogP contribution in [0.1, 0.15) is 5.56 Å². The highest BCUT2D eigenvalue weighted by Gasteiger charge is 2.28. The van der Waals surface area contributed by atoms with E-state index in [1.54, 1.807) is 0 Å². The summed E-state index contributed by atoms with van der Waals surface area (Å²) in [5.74, 6) is 4.72. The summed E-state index contributed by atoms with van der Waals surface area (Å²) in [4.78, 5) is 0. The summed E-state index contributed by atoms with van der Waals surface area (Å²) in [5.41, 5.74) is 5.40. The van der Waals surface area contributed by atoms with Crippen molar-refractivity contribution < 1.29 is 27.0 Å². The molecule has 19 heavy (non-hydrogen) atoms. The summed E-state index contributed by atoms with van der Waals surface area (Å²) in [7, 11) is 0. The fourth-order valence-electron chi connectivity index (χ4n) is 1.18. The SMILES string of the molecule is NCC#Cc1cc(F)ccc1OCCOC(F)(F)F. The smallest absolute Gasteiger partial charge is 0.490 e. The molecule has 0 fully saturated rings. The number of alkyl halides is 3. The molecule has 0 aliphatic rings. The first-order valence-electron chi connectivity index (χ1n) is 5.24. The van der Waals surface area contributed by atoms with Crippen LogP contribution in [0.4, 0.5) is 17.6 Å². The van der Waals surface area contributed by atoms with Crippen LogP contribution in [0.15, 0.2) is 18.2 Å². The van der Waals surface area contributed by atoms with Gasteiger partial charge >= 0.3 is 6.36 Å². The minimum atomic E-state index is -4.70. The molecule has 1 aromatic carbocycles. The number of rotatable bonds is 4. The largest absolute Gasteiger partial charge is 0.522 e. The second kappa shape index (κ2) is 6.97. The summed E-state index contributed by atoms with van der Waals surface area (Å²) < 4.78 is 56.7. The van der Waals surface area contributed by atoms with E-state index in [1.807, 2.05) is 0 Å². The molecule has 0 atom stereocenters. The lowest BCUT2D eigenvalue weighted by atomic mass is 10.2. The van der Waals surface area contributed by atoms with E-state index in [9.17, 15) is 17.6 Å². The van der Waals surface area contributed by atoms with Crippen LogP contribution in [-0.4, -0.2) is 26.1 Å². The maximum atomic E-state index is 13.0. The zero-order valence-electron chi connectivity index (χ0n) is 9.76. The Bertz CT molecular complexity index is 477. The van der Waals surface area contributed by atoms with E-state index in [0.29, 0.717) is 0 Å². The molecule has 0 radical (unpaired) electrons. The molecule has 0 aliphatic carbocycles. The van der Waals surface area contributed by atoms with E-state index in [1.165, 1.54) is 6.07 Å². The van der Waals surface area contributed by atoms with Gasteiger partial charge in [-0.2, -0.15) is 0 Å². The number of benzene rings is 1. The van der Waals surface area contributed by atoms with Crippen LogP contribution in [0.25, 0.3) is 0 Å². The van der Waals surface area contributed by atoms with Gasteiger partial charge in [-0.1, -0.05) is 11.8 Å². The number of halogens is 4. The summed E-state index contributed by atoms with van der Waals surface area (Å²) in [6.45, 7) is -0.916. The van der Waals surface area contributed by atoms with Gasteiger partial charge in [-0.15, -0.1) is 13.2 Å². The topological polar surface area (TPSA) is 44.5 Å². The van der Waals surface area contributed by atoms with E-state index >= 15 is 0 Å². The monoisotopic (exact) mass is 277 g/mol. The molecule has 0 saturated carbocycles. The lowest BCUT2D eigenvalue weighted by Crippen LogP contribution is -2.18. The molecule has 0 heterocycles. The van der Waals surface area contributed by atoms with Gasteiger partial charge in [-0.05, 0) is 18.2 Å². The fraction of sp³-hybridized carbons (Fsp3) is 0.333. The maximum Gasteiger partial charge on any atom is 0.522 e. The van der Waals surface area contributed by atoms with Crippen molar-refractivity contribution in [2.75, 3.05) is 19.8 Å². The molecule has 3 nitrogen and oxygen atoms in total. The summed E-state index contributed by atoms with van der Waals surface area (Å²) in [5, 5.41) is 0. The predicted molar refractivity (Wildman–Crippen MR) is 59.8 cm³/mol. The third-order valence-electron chi connectivity index (χ3n) is 1.87. The molecule has 0 unspecified atom stereocenters. The molecule has 0 amide bonds. The molecule has 1 aromatic rings. The van der Waals surface area contributed by atoms with Gasteiger partial charge in [0, 0.05) is 0 Å². The van der Waals surface area contributed by atoms with Crippen molar-refractivity contribution in [3.8, 4) is 17.6 Å². The van der Waals surface area contributed by atoms with E-state index in [-0.39, 0.29) is 24.5 Å². The van der Waals surface area contributed by atoms with Gasteiger partial charge in [0.05, 0.1) is 18.7 Å². The molecule has 104 valence electrons. The van der Waals surface area contributed by atoms with E-state index in [4.69, 9.17) is 10.5 Å². The Morgan fingerprint density at radius 2 is 1.95 bits per heavy atom. The van der Waals surface area contributed by atoms with Gasteiger partial charge < -0.3 is 10.5 Å². The Labute approximate surface area is 107 Å². The maximum absolute atomic E-state index is 13.0. The zero-order chi connectivity index (χ0) is 14.3. The molecule has 0 spiro atoms. The molecule has 0 saturated heterocycles. The van der Waals surface area contributed by atoms with Gasteiger partial charge in [0.2, 0.25) is 0 Å². The molecule has 1 rings (SSSR count). The number of nitrogens with two attached hydrogens (primary N) is 1. The molecule has 0 aliphatic heterocycles. The van der Waals surface area contributed by atoms with Crippen molar-refractivity contribution in [2.24, 2.45) is 5.73 Å². The van der Waals surface area contributed by atoms with E-state index in [2.05, 4.69) is 16.6 Å².